The van der Waals surface area contributed by atoms with Crippen LogP contribution in [0.5, 0.6) is 0 Å². The van der Waals surface area contributed by atoms with Crippen LogP contribution in [0.3, 0.4) is 0 Å². The van der Waals surface area contributed by atoms with Crippen LogP contribution in [0, 0.1) is 0 Å². The maximum absolute atomic E-state index is 11.4. The summed E-state index contributed by atoms with van der Waals surface area (Å²) in [5.74, 6) is 0.624. The minimum absolute atomic E-state index is 0.153. The van der Waals surface area contributed by atoms with Crippen molar-refractivity contribution in [3.63, 3.8) is 0 Å². The maximum atomic E-state index is 11.4. The Bertz CT molecular complexity index is 338. The summed E-state index contributed by atoms with van der Waals surface area (Å²) >= 11 is 0. The lowest BCUT2D eigenvalue weighted by Gasteiger charge is -2.34. The number of nitrogens with zero attached hydrogens (tertiary/aromatic N) is 1. The van der Waals surface area contributed by atoms with Crippen molar-refractivity contribution in [3.05, 3.63) is 0 Å². The van der Waals surface area contributed by atoms with E-state index in [0.29, 0.717) is 18.1 Å². The Morgan fingerprint density at radius 3 is 2.59 bits per heavy atom. The molecule has 1 N–H and O–H groups in total. The molecule has 0 aliphatic carbocycles. The molecular weight excluding hydrogens is 236 g/mol. The predicted molar refractivity (Wildman–Crippen MR) is 72.1 cm³/mol. The van der Waals surface area contributed by atoms with E-state index in [1.807, 2.05) is 6.92 Å². The van der Waals surface area contributed by atoms with Gasteiger partial charge in [0.1, 0.15) is 0 Å². The highest BCUT2D eigenvalue weighted by molar-refractivity contribution is 7.91. The first kappa shape index (κ1) is 14.9. The standard InChI is InChI=1S/C12H26N2O2S/c1-5-12(3,4)13-6-7-14-8-9-17(15,16)10-11(14)2/h11,13H,5-10H2,1-4H3. The normalized spacial score (nSPS) is 26.0. The lowest BCUT2D eigenvalue weighted by atomic mass is 10.0. The van der Waals surface area contributed by atoms with Crippen molar-refractivity contribution in [3.8, 4) is 0 Å². The smallest absolute Gasteiger partial charge is 0.153 e. The summed E-state index contributed by atoms with van der Waals surface area (Å²) in [7, 11) is -2.79. The predicted octanol–water partition coefficient (Wildman–Crippen LogP) is 0.884. The summed E-state index contributed by atoms with van der Waals surface area (Å²) in [6, 6.07) is 0.153. The Balaban J connectivity index is 2.34. The van der Waals surface area contributed by atoms with Crippen molar-refractivity contribution in [2.45, 2.75) is 45.7 Å². The molecular formula is C12H26N2O2S. The molecule has 0 aromatic carbocycles. The van der Waals surface area contributed by atoms with E-state index in [2.05, 4.69) is 31.0 Å². The van der Waals surface area contributed by atoms with Crippen LogP contribution in [0.25, 0.3) is 0 Å². The number of hydrogen-bond acceptors (Lipinski definition) is 4. The van der Waals surface area contributed by atoms with Crippen molar-refractivity contribution >= 4 is 9.84 Å². The first-order valence-corrected chi connectivity index (χ1v) is 8.27. The summed E-state index contributed by atoms with van der Waals surface area (Å²) < 4.78 is 22.9. The van der Waals surface area contributed by atoms with Gasteiger partial charge < -0.3 is 5.32 Å². The molecule has 102 valence electrons. The maximum Gasteiger partial charge on any atom is 0.153 e. The van der Waals surface area contributed by atoms with E-state index in [0.717, 1.165) is 19.5 Å². The number of hydrogen-bond donors (Lipinski definition) is 1. The van der Waals surface area contributed by atoms with Crippen LogP contribution in [0.4, 0.5) is 0 Å². The molecule has 0 radical (unpaired) electrons. The van der Waals surface area contributed by atoms with Gasteiger partial charge in [-0.3, -0.25) is 4.90 Å². The molecule has 0 aromatic heterocycles. The van der Waals surface area contributed by atoms with E-state index in [1.54, 1.807) is 0 Å². The molecule has 0 bridgehead atoms. The molecule has 1 unspecified atom stereocenters. The monoisotopic (exact) mass is 262 g/mol. The number of sulfone groups is 1. The fourth-order valence-corrected chi connectivity index (χ4v) is 3.65. The minimum Gasteiger partial charge on any atom is -0.311 e. The topological polar surface area (TPSA) is 49.4 Å². The summed E-state index contributed by atoms with van der Waals surface area (Å²) in [6.07, 6.45) is 1.09. The van der Waals surface area contributed by atoms with Gasteiger partial charge in [0.05, 0.1) is 11.5 Å². The molecule has 1 atom stereocenters. The van der Waals surface area contributed by atoms with E-state index in [1.165, 1.54) is 0 Å². The zero-order valence-corrected chi connectivity index (χ0v) is 12.3. The third-order valence-corrected chi connectivity index (χ3v) is 5.49. The summed E-state index contributed by atoms with van der Waals surface area (Å²) in [6.45, 7) is 11.1. The van der Waals surface area contributed by atoms with Crippen LogP contribution < -0.4 is 5.32 Å². The highest BCUT2D eigenvalue weighted by Gasteiger charge is 2.27. The van der Waals surface area contributed by atoms with E-state index in [-0.39, 0.29) is 11.6 Å². The zero-order valence-electron chi connectivity index (χ0n) is 11.5. The van der Waals surface area contributed by atoms with Crippen molar-refractivity contribution in [2.24, 2.45) is 0 Å². The van der Waals surface area contributed by atoms with Gasteiger partial charge in [0.15, 0.2) is 9.84 Å². The van der Waals surface area contributed by atoms with Gasteiger partial charge in [0, 0.05) is 31.2 Å². The fourth-order valence-electron chi connectivity index (χ4n) is 2.03. The fraction of sp³-hybridized carbons (Fsp3) is 1.00. The van der Waals surface area contributed by atoms with Crippen molar-refractivity contribution in [2.75, 3.05) is 31.1 Å². The third kappa shape index (κ3) is 4.94. The van der Waals surface area contributed by atoms with Crippen LogP contribution in [-0.2, 0) is 9.84 Å². The minimum atomic E-state index is -2.79. The molecule has 0 saturated carbocycles. The highest BCUT2D eigenvalue weighted by atomic mass is 32.2. The largest absolute Gasteiger partial charge is 0.311 e. The van der Waals surface area contributed by atoms with E-state index in [9.17, 15) is 8.42 Å². The van der Waals surface area contributed by atoms with Crippen LogP contribution in [0.15, 0.2) is 0 Å². The quantitative estimate of drug-likeness (QED) is 0.799. The molecule has 1 fully saturated rings. The lowest BCUT2D eigenvalue weighted by Crippen LogP contribution is -2.50. The molecule has 1 rings (SSSR count). The lowest BCUT2D eigenvalue weighted by molar-refractivity contribution is 0.216. The molecule has 4 nitrogen and oxygen atoms in total. The van der Waals surface area contributed by atoms with Gasteiger partial charge in [-0.05, 0) is 27.2 Å². The average Bonchev–Trinajstić information content (AvgIpc) is 2.20. The molecule has 0 spiro atoms. The Morgan fingerprint density at radius 2 is 2.06 bits per heavy atom. The second-order valence-corrected chi connectivity index (χ2v) is 7.89. The molecule has 0 aromatic rings. The summed E-state index contributed by atoms with van der Waals surface area (Å²) in [4.78, 5) is 2.26. The Morgan fingerprint density at radius 1 is 1.41 bits per heavy atom. The van der Waals surface area contributed by atoms with Crippen LogP contribution in [-0.4, -0.2) is 56.0 Å². The van der Waals surface area contributed by atoms with Crippen LogP contribution in [0.2, 0.25) is 0 Å². The number of rotatable bonds is 5. The van der Waals surface area contributed by atoms with Gasteiger partial charge >= 0.3 is 0 Å². The van der Waals surface area contributed by atoms with Gasteiger partial charge in [-0.2, -0.15) is 0 Å². The van der Waals surface area contributed by atoms with Crippen LogP contribution >= 0.6 is 0 Å². The highest BCUT2D eigenvalue weighted by Crippen LogP contribution is 2.11. The van der Waals surface area contributed by atoms with E-state index in [4.69, 9.17) is 0 Å². The average molecular weight is 262 g/mol. The molecule has 1 aliphatic rings. The van der Waals surface area contributed by atoms with Gasteiger partial charge in [-0.1, -0.05) is 6.92 Å². The molecule has 1 saturated heterocycles. The van der Waals surface area contributed by atoms with Gasteiger partial charge in [0.25, 0.3) is 0 Å². The molecule has 1 aliphatic heterocycles. The zero-order chi connectivity index (χ0) is 13.1. The first-order valence-electron chi connectivity index (χ1n) is 6.45. The first-order chi connectivity index (χ1) is 7.76. The van der Waals surface area contributed by atoms with Gasteiger partial charge in [-0.15, -0.1) is 0 Å². The Hall–Kier alpha value is -0.130. The van der Waals surface area contributed by atoms with Crippen molar-refractivity contribution < 1.29 is 8.42 Å². The van der Waals surface area contributed by atoms with Crippen molar-refractivity contribution in [1.29, 1.82) is 0 Å². The molecule has 17 heavy (non-hydrogen) atoms. The molecule has 5 heteroatoms. The van der Waals surface area contributed by atoms with Gasteiger partial charge in [-0.25, -0.2) is 8.42 Å². The third-order valence-electron chi connectivity index (χ3n) is 3.69. The van der Waals surface area contributed by atoms with Gasteiger partial charge in [0.2, 0.25) is 0 Å². The molecule has 0 amide bonds. The Kier molecular flexibility index (Phi) is 4.98. The Labute approximate surface area is 106 Å². The van der Waals surface area contributed by atoms with E-state index >= 15 is 0 Å². The van der Waals surface area contributed by atoms with E-state index < -0.39 is 9.84 Å². The SMILES string of the molecule is CCC(C)(C)NCCN1CCS(=O)(=O)CC1C. The van der Waals surface area contributed by atoms with Crippen molar-refractivity contribution in [1.82, 2.24) is 10.2 Å². The summed E-state index contributed by atoms with van der Waals surface area (Å²) in [5, 5.41) is 3.51. The van der Waals surface area contributed by atoms with Crippen LogP contribution in [0.1, 0.15) is 34.1 Å². The second kappa shape index (κ2) is 5.67. The second-order valence-electron chi connectivity index (χ2n) is 5.66. The number of nitrogens with one attached hydrogen (secondary N) is 1. The molecule has 1 heterocycles. The summed E-state index contributed by atoms with van der Waals surface area (Å²) in [5.41, 5.74) is 0.172.